The molecule has 41 heavy (non-hydrogen) atoms. The van der Waals surface area contributed by atoms with E-state index in [-0.39, 0.29) is 15.7 Å². The molecule has 0 fully saturated rings. The van der Waals surface area contributed by atoms with Gasteiger partial charge in [-0.2, -0.15) is 18.2 Å². The monoisotopic (exact) mass is 628 g/mol. The number of rotatable bonds is 7. The van der Waals surface area contributed by atoms with Crippen molar-refractivity contribution < 1.29 is 8.42 Å². The van der Waals surface area contributed by atoms with Crippen LogP contribution in [-0.4, -0.2) is 28.2 Å². The van der Waals surface area contributed by atoms with E-state index in [1.807, 2.05) is 50.2 Å². The van der Waals surface area contributed by atoms with Gasteiger partial charge in [0, 0.05) is 26.6 Å². The summed E-state index contributed by atoms with van der Waals surface area (Å²) in [6, 6.07) is 19.5. The van der Waals surface area contributed by atoms with E-state index >= 15 is 0 Å². The van der Waals surface area contributed by atoms with Gasteiger partial charge in [-0.3, -0.25) is 14.5 Å². The zero-order valence-electron chi connectivity index (χ0n) is 21.6. The third kappa shape index (κ3) is 5.97. The maximum atomic E-state index is 12.3. The van der Waals surface area contributed by atoms with E-state index in [0.717, 1.165) is 26.9 Å². The fourth-order valence-electron chi connectivity index (χ4n) is 4.39. The number of aromatic amines is 1. The molecule has 0 saturated heterocycles. The van der Waals surface area contributed by atoms with Crippen LogP contribution in [-0.2, 0) is 15.6 Å². The third-order valence-corrected chi connectivity index (χ3v) is 8.75. The number of anilines is 1. The molecule has 0 aliphatic heterocycles. The Kier molecular flexibility index (Phi) is 7.62. The molecule has 0 aliphatic rings. The fourth-order valence-corrected chi connectivity index (χ4v) is 6.98. The number of nitrogens with two attached hydrogens (primary N) is 1. The molecule has 0 bridgehead atoms. The largest absolute Gasteiger partial charge is 0.349 e. The molecule has 3 aromatic carbocycles. The molecule has 0 aliphatic carbocycles. The minimum atomic E-state index is -3.97. The normalized spacial score (nSPS) is 11.9. The van der Waals surface area contributed by atoms with E-state index in [1.165, 1.54) is 11.3 Å². The van der Waals surface area contributed by atoms with Crippen LogP contribution in [0.4, 0.5) is 5.69 Å². The lowest BCUT2D eigenvalue weighted by Gasteiger charge is -2.26. The van der Waals surface area contributed by atoms with Crippen LogP contribution in [0.25, 0.3) is 27.4 Å². The zero-order valence-corrected chi connectivity index (χ0v) is 24.7. The van der Waals surface area contributed by atoms with Gasteiger partial charge in [0.15, 0.2) is 0 Å². The smallest absolute Gasteiger partial charge is 0.271 e. The molecule has 2 aromatic heterocycles. The van der Waals surface area contributed by atoms with E-state index in [2.05, 4.69) is 14.8 Å². The van der Waals surface area contributed by atoms with Crippen LogP contribution in [0.5, 0.6) is 0 Å². The minimum absolute atomic E-state index is 0.273. The second kappa shape index (κ2) is 10.9. The highest BCUT2D eigenvalue weighted by atomic mass is 35.5. The number of hydrogen-bond donors (Lipinski definition) is 3. The first-order valence-corrected chi connectivity index (χ1v) is 15.1. The third-order valence-electron chi connectivity index (χ3n) is 6.20. The van der Waals surface area contributed by atoms with Gasteiger partial charge in [0.25, 0.3) is 15.8 Å². The molecular weight excluding hydrogens is 607 g/mol. The highest BCUT2D eigenvalue weighted by Gasteiger charge is 2.33. The fraction of sp³-hybridized carbons (Fsp3) is 0.111. The summed E-state index contributed by atoms with van der Waals surface area (Å²) in [5, 5.41) is 10.3. The number of halogens is 2. The summed E-state index contributed by atoms with van der Waals surface area (Å²) in [5.74, 6) is 0. The predicted octanol–water partition coefficient (Wildman–Crippen LogP) is 4.96. The van der Waals surface area contributed by atoms with Gasteiger partial charge < -0.3 is 0 Å². The maximum absolute atomic E-state index is 12.3. The molecule has 4 N–H and O–H groups in total. The van der Waals surface area contributed by atoms with E-state index < -0.39 is 26.9 Å². The van der Waals surface area contributed by atoms with Crippen molar-refractivity contribution in [2.75, 3.05) is 4.72 Å². The molecule has 10 nitrogen and oxygen atoms in total. The van der Waals surface area contributed by atoms with E-state index in [1.54, 1.807) is 30.3 Å². The van der Waals surface area contributed by atoms with Gasteiger partial charge in [-0.25, -0.2) is 14.9 Å². The molecule has 14 heteroatoms. The summed E-state index contributed by atoms with van der Waals surface area (Å²) in [6.07, 6.45) is 0.983. The summed E-state index contributed by atoms with van der Waals surface area (Å²) in [6.45, 7) is 3.86. The summed E-state index contributed by atoms with van der Waals surface area (Å²) < 4.78 is 26.6. The Hall–Kier alpha value is -3.81. The van der Waals surface area contributed by atoms with Crippen molar-refractivity contribution in [3.05, 3.63) is 114 Å². The van der Waals surface area contributed by atoms with Crippen LogP contribution in [0, 0.1) is 0 Å². The average Bonchev–Trinajstić information content (AvgIpc) is 3.34. The topological polar surface area (TPSA) is 153 Å². The van der Waals surface area contributed by atoms with Crippen molar-refractivity contribution in [2.24, 2.45) is 5.14 Å². The van der Waals surface area contributed by atoms with Crippen LogP contribution in [0.1, 0.15) is 24.4 Å². The van der Waals surface area contributed by atoms with Crippen molar-refractivity contribution in [3.8, 4) is 27.4 Å². The van der Waals surface area contributed by atoms with Crippen molar-refractivity contribution >= 4 is 50.4 Å². The molecule has 210 valence electrons. The molecule has 0 saturated carbocycles. The first-order valence-electron chi connectivity index (χ1n) is 12.0. The maximum Gasteiger partial charge on any atom is 0.349 e. The second-order valence-corrected chi connectivity index (χ2v) is 12.7. The van der Waals surface area contributed by atoms with Gasteiger partial charge in [-0.1, -0.05) is 65.7 Å². The van der Waals surface area contributed by atoms with Gasteiger partial charge >= 0.3 is 5.69 Å². The summed E-state index contributed by atoms with van der Waals surface area (Å²) in [7, 11) is -3.97. The van der Waals surface area contributed by atoms with E-state index in [4.69, 9.17) is 33.3 Å². The van der Waals surface area contributed by atoms with E-state index in [0.29, 0.717) is 22.0 Å². The summed E-state index contributed by atoms with van der Waals surface area (Å²) in [5.41, 5.74) is 1.30. The lowest BCUT2D eigenvalue weighted by molar-refractivity contribution is 0.603. The molecule has 0 amide bonds. The highest BCUT2D eigenvalue weighted by Crippen LogP contribution is 2.47. The number of hydrogen-bond acceptors (Lipinski definition) is 7. The lowest BCUT2D eigenvalue weighted by atomic mass is 9.85. The van der Waals surface area contributed by atoms with Crippen LogP contribution >= 0.6 is 34.5 Å². The number of H-pyrrole nitrogens is 1. The molecular formula is C27H22Cl2N6O4S2. The summed E-state index contributed by atoms with van der Waals surface area (Å²) >= 11 is 14.9. The van der Waals surface area contributed by atoms with Crippen molar-refractivity contribution in [3.63, 3.8) is 0 Å². The molecule has 0 atom stereocenters. The number of nitrogens with one attached hydrogen (secondary N) is 2. The lowest BCUT2D eigenvalue weighted by Crippen LogP contribution is -2.30. The predicted molar refractivity (Wildman–Crippen MR) is 162 cm³/mol. The van der Waals surface area contributed by atoms with Crippen molar-refractivity contribution in [1.82, 2.24) is 19.7 Å². The number of aromatic nitrogens is 4. The minimum Gasteiger partial charge on any atom is -0.271 e. The first-order chi connectivity index (χ1) is 19.3. The van der Waals surface area contributed by atoms with Crippen molar-refractivity contribution in [1.29, 1.82) is 0 Å². The molecule has 0 spiro atoms. The Labute approximate surface area is 248 Å². The molecule has 0 radical (unpaired) electrons. The SMILES string of the molecule is CC(C)(c1nc(-c2ccccc2)c(-c2cccc(NS(N)(=O)=O)c2)s1)c1c(Cl)cc(-n2ncc(=O)[nH]c2=O)cc1Cl. The van der Waals surface area contributed by atoms with Gasteiger partial charge in [-0.15, -0.1) is 11.3 Å². The first kappa shape index (κ1) is 28.7. The average molecular weight is 630 g/mol. The van der Waals surface area contributed by atoms with Gasteiger partial charge in [0.1, 0.15) is 11.2 Å². The van der Waals surface area contributed by atoms with Crippen LogP contribution in [0.2, 0.25) is 10.0 Å². The van der Waals surface area contributed by atoms with E-state index in [9.17, 15) is 18.0 Å². The van der Waals surface area contributed by atoms with Gasteiger partial charge in [0.2, 0.25) is 0 Å². The summed E-state index contributed by atoms with van der Waals surface area (Å²) in [4.78, 5) is 31.7. The Balaban J connectivity index is 1.65. The number of benzene rings is 3. The van der Waals surface area contributed by atoms with Crippen LogP contribution < -0.4 is 21.1 Å². The Morgan fingerprint density at radius 1 is 0.976 bits per heavy atom. The molecule has 0 unspecified atom stereocenters. The van der Waals surface area contributed by atoms with Crippen LogP contribution in [0.3, 0.4) is 0 Å². The van der Waals surface area contributed by atoms with Crippen molar-refractivity contribution in [2.45, 2.75) is 19.3 Å². The quantitative estimate of drug-likeness (QED) is 0.231. The number of nitrogens with zero attached hydrogens (tertiary/aromatic N) is 3. The van der Waals surface area contributed by atoms with Crippen LogP contribution in [0.15, 0.2) is 82.5 Å². The Bertz CT molecular complexity index is 1980. The Morgan fingerprint density at radius 2 is 1.63 bits per heavy atom. The molecule has 2 heterocycles. The standard InChI is InChI=1S/C27H22Cl2N6O4S2/c1-27(2,22-19(28)12-18(13-20(22)29)35-26(37)32-21(36)14-31-35)25-33-23(15-7-4-3-5-8-15)24(40-25)16-9-6-10-17(11-16)34-41(30,38)39/h3-14,34H,1-2H3,(H2,30,38,39)(H,32,36,37). The van der Waals surface area contributed by atoms with Gasteiger partial charge in [-0.05, 0) is 43.7 Å². The number of thiazole rings is 1. The second-order valence-electron chi connectivity index (χ2n) is 9.55. The molecule has 5 aromatic rings. The Morgan fingerprint density at radius 3 is 2.27 bits per heavy atom. The van der Waals surface area contributed by atoms with Gasteiger partial charge in [0.05, 0.1) is 21.9 Å². The molecule has 5 rings (SSSR count). The zero-order chi connectivity index (χ0) is 29.5. The highest BCUT2D eigenvalue weighted by molar-refractivity contribution is 7.90.